The van der Waals surface area contributed by atoms with E-state index >= 15 is 0 Å². The quantitative estimate of drug-likeness (QED) is 0.595. The second kappa shape index (κ2) is 6.96. The second-order valence-electron chi connectivity index (χ2n) is 4.15. The molecule has 1 saturated heterocycles. The van der Waals surface area contributed by atoms with Crippen molar-refractivity contribution in [2.75, 3.05) is 5.75 Å². The van der Waals surface area contributed by atoms with Crippen molar-refractivity contribution in [3.05, 3.63) is 45.7 Å². The van der Waals surface area contributed by atoms with E-state index in [0.29, 0.717) is 5.25 Å². The fourth-order valence-electron chi connectivity index (χ4n) is 1.83. The van der Waals surface area contributed by atoms with E-state index in [2.05, 4.69) is 37.6 Å². The molecule has 1 unspecified atom stereocenters. The fourth-order valence-corrected chi connectivity index (χ4v) is 4.79. The maximum Gasteiger partial charge on any atom is 0.106 e. The highest BCUT2D eigenvalue weighted by molar-refractivity contribution is 8.25. The van der Waals surface area contributed by atoms with E-state index in [9.17, 15) is 5.26 Å². The predicted octanol–water partition coefficient (Wildman–Crippen LogP) is 4.50. The lowest BCUT2D eigenvalue weighted by molar-refractivity contribution is 1.13. The number of hydrogen-bond acceptors (Lipinski definition) is 3. The van der Waals surface area contributed by atoms with E-state index in [0.717, 1.165) is 24.1 Å². The van der Waals surface area contributed by atoms with Crippen molar-refractivity contribution in [3.63, 3.8) is 0 Å². The monoisotopic (exact) mass is 272 g/mol. The Hall–Kier alpha value is -0.785. The standard InChI is InChI=1S/C14H15BNS2/c1-15-8-7-12(9-16)14-17-10-13(18-14)11-5-3-2-4-6-11/h2-6,13H,7-8,10H2,1H3/b14-12-. The van der Waals surface area contributed by atoms with Gasteiger partial charge in [-0.3, -0.25) is 0 Å². The molecule has 1 nitrogen and oxygen atoms in total. The van der Waals surface area contributed by atoms with Gasteiger partial charge in [0.05, 0.1) is 10.3 Å². The molecule has 1 aromatic carbocycles. The molecule has 2 rings (SSSR count). The minimum Gasteiger partial charge on any atom is -0.193 e. The van der Waals surface area contributed by atoms with Gasteiger partial charge in [-0.2, -0.15) is 5.26 Å². The first-order valence-corrected chi connectivity index (χ1v) is 7.97. The van der Waals surface area contributed by atoms with Crippen LogP contribution in [0.3, 0.4) is 0 Å². The summed E-state index contributed by atoms with van der Waals surface area (Å²) in [7, 11) is 2.12. The smallest absolute Gasteiger partial charge is 0.106 e. The van der Waals surface area contributed by atoms with Crippen LogP contribution < -0.4 is 0 Å². The number of benzene rings is 1. The van der Waals surface area contributed by atoms with Gasteiger partial charge in [0.15, 0.2) is 0 Å². The summed E-state index contributed by atoms with van der Waals surface area (Å²) in [6.45, 7) is 2.04. The van der Waals surface area contributed by atoms with Crippen LogP contribution in [0.25, 0.3) is 0 Å². The van der Waals surface area contributed by atoms with Crippen LogP contribution in [0.5, 0.6) is 0 Å². The highest BCUT2D eigenvalue weighted by atomic mass is 32.2. The lowest BCUT2D eigenvalue weighted by atomic mass is 9.76. The van der Waals surface area contributed by atoms with Crippen LogP contribution in [0.4, 0.5) is 0 Å². The van der Waals surface area contributed by atoms with Crippen molar-refractivity contribution in [3.8, 4) is 6.07 Å². The van der Waals surface area contributed by atoms with Gasteiger partial charge in [0.1, 0.15) is 7.28 Å². The van der Waals surface area contributed by atoms with Crippen LogP contribution in [0.1, 0.15) is 17.2 Å². The minimum absolute atomic E-state index is 0.500. The molecule has 1 fully saturated rings. The molecule has 0 bridgehead atoms. The van der Waals surface area contributed by atoms with E-state index < -0.39 is 0 Å². The summed E-state index contributed by atoms with van der Waals surface area (Å²) < 4.78 is 1.23. The minimum atomic E-state index is 0.500. The molecule has 4 heteroatoms. The average Bonchev–Trinajstić information content (AvgIpc) is 2.90. The zero-order chi connectivity index (χ0) is 12.8. The number of hydrogen-bond donors (Lipinski definition) is 0. The van der Waals surface area contributed by atoms with Crippen molar-refractivity contribution in [2.45, 2.75) is 24.8 Å². The molecule has 0 spiro atoms. The van der Waals surface area contributed by atoms with Crippen molar-refractivity contribution in [1.82, 2.24) is 0 Å². The summed E-state index contributed by atoms with van der Waals surface area (Å²) in [4.78, 5) is 0. The lowest BCUT2D eigenvalue weighted by Crippen LogP contribution is -1.90. The molecule has 1 atom stereocenters. The number of rotatable bonds is 4. The molecular weight excluding hydrogens is 257 g/mol. The first kappa shape index (κ1) is 13.6. The molecule has 1 aliphatic heterocycles. The summed E-state index contributed by atoms with van der Waals surface area (Å²) >= 11 is 3.69. The molecule has 0 N–H and O–H groups in total. The third-order valence-electron chi connectivity index (χ3n) is 2.85. The zero-order valence-electron chi connectivity index (χ0n) is 10.4. The molecule has 1 radical (unpaired) electrons. The van der Waals surface area contributed by atoms with Crippen LogP contribution in [-0.2, 0) is 0 Å². The molecule has 1 heterocycles. The molecule has 18 heavy (non-hydrogen) atoms. The Kier molecular flexibility index (Phi) is 5.28. The Labute approximate surface area is 118 Å². The van der Waals surface area contributed by atoms with Crippen molar-refractivity contribution >= 4 is 30.8 Å². The number of nitrogens with zero attached hydrogens (tertiary/aromatic N) is 1. The SMILES string of the molecule is C[B]CC/C(C#N)=C1\SCC(c2ccccc2)S1. The molecule has 0 aromatic heterocycles. The molecule has 0 amide bonds. The number of allylic oxidation sites excluding steroid dienone is 1. The van der Waals surface area contributed by atoms with Gasteiger partial charge in [-0.1, -0.05) is 43.5 Å². The van der Waals surface area contributed by atoms with Gasteiger partial charge in [-0.05, 0) is 12.0 Å². The van der Waals surface area contributed by atoms with Gasteiger partial charge >= 0.3 is 0 Å². The van der Waals surface area contributed by atoms with Crippen LogP contribution in [0, 0.1) is 11.3 Å². The molecule has 91 valence electrons. The van der Waals surface area contributed by atoms with Crippen molar-refractivity contribution in [1.29, 1.82) is 5.26 Å². The summed E-state index contributed by atoms with van der Waals surface area (Å²) in [5.41, 5.74) is 2.32. The van der Waals surface area contributed by atoms with E-state index in [1.54, 1.807) is 0 Å². The van der Waals surface area contributed by atoms with Crippen molar-refractivity contribution < 1.29 is 0 Å². The summed E-state index contributed by atoms with van der Waals surface area (Å²) in [6, 6.07) is 12.9. The van der Waals surface area contributed by atoms with E-state index in [4.69, 9.17) is 0 Å². The maximum absolute atomic E-state index is 9.22. The third kappa shape index (κ3) is 3.37. The predicted molar refractivity (Wildman–Crippen MR) is 82.9 cm³/mol. The molecule has 0 saturated carbocycles. The van der Waals surface area contributed by atoms with Gasteiger partial charge in [0.25, 0.3) is 0 Å². The first-order chi connectivity index (χ1) is 8.85. The Morgan fingerprint density at radius 2 is 2.22 bits per heavy atom. The lowest BCUT2D eigenvalue weighted by Gasteiger charge is -2.07. The maximum atomic E-state index is 9.22. The third-order valence-corrected chi connectivity index (χ3v) is 5.90. The topological polar surface area (TPSA) is 23.8 Å². The van der Waals surface area contributed by atoms with Crippen LogP contribution >= 0.6 is 23.5 Å². The number of nitriles is 1. The average molecular weight is 272 g/mol. The van der Waals surface area contributed by atoms with E-state index in [1.807, 2.05) is 36.4 Å². The normalized spacial score (nSPS) is 21.4. The second-order valence-corrected chi connectivity index (χ2v) is 6.65. The summed E-state index contributed by atoms with van der Waals surface area (Å²) in [5, 5.41) is 9.72. The Morgan fingerprint density at radius 3 is 2.89 bits per heavy atom. The van der Waals surface area contributed by atoms with Gasteiger partial charge in [-0.25, -0.2) is 0 Å². The Morgan fingerprint density at radius 1 is 1.44 bits per heavy atom. The van der Waals surface area contributed by atoms with Crippen LogP contribution in [0.15, 0.2) is 40.1 Å². The van der Waals surface area contributed by atoms with Crippen LogP contribution in [-0.4, -0.2) is 13.0 Å². The van der Waals surface area contributed by atoms with Gasteiger partial charge < -0.3 is 0 Å². The summed E-state index contributed by atoms with van der Waals surface area (Å²) in [5.74, 6) is 1.07. The Balaban J connectivity index is 2.07. The molecule has 0 aliphatic carbocycles. The Bertz CT molecular complexity index is 464. The largest absolute Gasteiger partial charge is 0.193 e. The first-order valence-electron chi connectivity index (χ1n) is 6.10. The van der Waals surface area contributed by atoms with Gasteiger partial charge in [0, 0.05) is 16.6 Å². The highest BCUT2D eigenvalue weighted by Gasteiger charge is 2.24. The van der Waals surface area contributed by atoms with E-state index in [1.165, 1.54) is 9.80 Å². The van der Waals surface area contributed by atoms with E-state index in [-0.39, 0.29) is 0 Å². The van der Waals surface area contributed by atoms with Gasteiger partial charge in [0.2, 0.25) is 0 Å². The summed E-state index contributed by atoms with van der Waals surface area (Å²) in [6.07, 6.45) is 1.87. The number of thioether (sulfide) groups is 2. The molecular formula is C14H15BNS2. The molecule has 1 aromatic rings. The van der Waals surface area contributed by atoms with Gasteiger partial charge in [-0.15, -0.1) is 23.5 Å². The van der Waals surface area contributed by atoms with Crippen molar-refractivity contribution in [2.24, 2.45) is 0 Å². The van der Waals surface area contributed by atoms with Crippen LogP contribution in [0.2, 0.25) is 13.1 Å². The zero-order valence-corrected chi connectivity index (χ0v) is 12.1. The molecule has 1 aliphatic rings. The highest BCUT2D eigenvalue weighted by Crippen LogP contribution is 2.51. The fraction of sp³-hybridized carbons (Fsp3) is 0.357.